The molecule has 1 aromatic carbocycles. The van der Waals surface area contributed by atoms with Crippen LogP contribution in [0.3, 0.4) is 0 Å². The van der Waals surface area contributed by atoms with Gasteiger partial charge in [-0.15, -0.1) is 12.3 Å². The zero-order valence-electron chi connectivity index (χ0n) is 9.87. The molecule has 86 valence electrons. The monoisotopic (exact) mass is 216 g/mol. The van der Waals surface area contributed by atoms with Gasteiger partial charge in [-0.3, -0.25) is 0 Å². The first kappa shape index (κ1) is 12.4. The summed E-state index contributed by atoms with van der Waals surface area (Å²) in [7, 11) is 0. The molecule has 16 heavy (non-hydrogen) atoms. The highest BCUT2D eigenvalue weighted by Crippen LogP contribution is 2.20. The zero-order chi connectivity index (χ0) is 12.0. The Morgan fingerprint density at radius 2 is 2.06 bits per heavy atom. The lowest BCUT2D eigenvalue weighted by molar-refractivity contribution is 0.555. The van der Waals surface area contributed by atoms with Gasteiger partial charge in [-0.25, -0.2) is 0 Å². The summed E-state index contributed by atoms with van der Waals surface area (Å²) in [6.07, 6.45) is 9.59. The van der Waals surface area contributed by atoms with E-state index in [4.69, 9.17) is 17.9 Å². The van der Waals surface area contributed by atoms with Crippen molar-refractivity contribution >= 4 is 11.4 Å². The number of nitrogens with two attached hydrogens (primary N) is 2. The zero-order valence-corrected chi connectivity index (χ0v) is 9.87. The Hall–Kier alpha value is -1.62. The van der Waals surface area contributed by atoms with Crippen molar-refractivity contribution in [2.75, 3.05) is 11.5 Å². The normalized spacial score (nSPS) is 12.0. The molecule has 0 spiro atoms. The molecule has 0 heterocycles. The highest BCUT2D eigenvalue weighted by Gasteiger charge is 2.06. The number of hydrogen-bond donors (Lipinski definition) is 2. The van der Waals surface area contributed by atoms with Crippen molar-refractivity contribution in [1.82, 2.24) is 0 Å². The van der Waals surface area contributed by atoms with Crippen LogP contribution in [0.15, 0.2) is 18.2 Å². The van der Waals surface area contributed by atoms with E-state index in [1.165, 1.54) is 0 Å². The minimum Gasteiger partial charge on any atom is -0.399 e. The lowest BCUT2D eigenvalue weighted by atomic mass is 9.95. The van der Waals surface area contributed by atoms with Gasteiger partial charge in [0.2, 0.25) is 0 Å². The van der Waals surface area contributed by atoms with Crippen LogP contribution in [0.4, 0.5) is 11.4 Å². The molecular weight excluding hydrogens is 196 g/mol. The van der Waals surface area contributed by atoms with E-state index in [-0.39, 0.29) is 0 Å². The van der Waals surface area contributed by atoms with E-state index in [0.717, 1.165) is 42.6 Å². The fourth-order valence-corrected chi connectivity index (χ4v) is 1.83. The average Bonchev–Trinajstić information content (AvgIpc) is 2.28. The molecule has 2 nitrogen and oxygen atoms in total. The molecule has 0 aliphatic rings. The van der Waals surface area contributed by atoms with E-state index >= 15 is 0 Å². The quantitative estimate of drug-likeness (QED) is 0.587. The Morgan fingerprint density at radius 3 is 2.69 bits per heavy atom. The average molecular weight is 216 g/mol. The maximum absolute atomic E-state index is 5.88. The summed E-state index contributed by atoms with van der Waals surface area (Å²) in [6.45, 7) is 2.15. The number of anilines is 2. The van der Waals surface area contributed by atoms with Gasteiger partial charge < -0.3 is 11.5 Å². The molecule has 0 aliphatic carbocycles. The highest BCUT2D eigenvalue weighted by atomic mass is 14.6. The molecule has 0 amide bonds. The van der Waals surface area contributed by atoms with Crippen molar-refractivity contribution in [2.45, 2.75) is 32.6 Å². The molecule has 0 saturated heterocycles. The van der Waals surface area contributed by atoms with Crippen LogP contribution in [0.2, 0.25) is 0 Å². The lowest BCUT2D eigenvalue weighted by Gasteiger charge is -2.11. The van der Waals surface area contributed by atoms with E-state index in [1.54, 1.807) is 0 Å². The first-order chi connectivity index (χ1) is 7.67. The van der Waals surface area contributed by atoms with E-state index in [2.05, 4.69) is 12.8 Å². The van der Waals surface area contributed by atoms with Crippen LogP contribution in [-0.2, 0) is 6.42 Å². The summed E-state index contributed by atoms with van der Waals surface area (Å²) in [5, 5.41) is 0. The van der Waals surface area contributed by atoms with E-state index in [0.29, 0.717) is 5.92 Å². The van der Waals surface area contributed by atoms with Crippen molar-refractivity contribution < 1.29 is 0 Å². The maximum atomic E-state index is 5.88. The topological polar surface area (TPSA) is 52.0 Å². The smallest absolute Gasteiger partial charge is 0.0348 e. The number of nitrogen functional groups attached to an aromatic ring is 2. The first-order valence-corrected chi connectivity index (χ1v) is 5.77. The largest absolute Gasteiger partial charge is 0.399 e. The molecule has 1 aromatic rings. The second-order valence-corrected chi connectivity index (χ2v) is 4.15. The van der Waals surface area contributed by atoms with E-state index < -0.39 is 0 Å². The molecule has 1 atom stereocenters. The van der Waals surface area contributed by atoms with Crippen LogP contribution in [0.25, 0.3) is 0 Å². The Morgan fingerprint density at radius 1 is 1.31 bits per heavy atom. The predicted molar refractivity (Wildman–Crippen MR) is 70.8 cm³/mol. The summed E-state index contributed by atoms with van der Waals surface area (Å²) in [5.74, 6) is 3.19. The molecule has 0 fully saturated rings. The van der Waals surface area contributed by atoms with E-state index in [9.17, 15) is 0 Å². The molecule has 0 bridgehead atoms. The Kier molecular flexibility index (Phi) is 4.72. The van der Waals surface area contributed by atoms with Crippen molar-refractivity contribution in [3.05, 3.63) is 23.8 Å². The van der Waals surface area contributed by atoms with Gasteiger partial charge in [-0.1, -0.05) is 13.3 Å². The summed E-state index contributed by atoms with van der Waals surface area (Å²) >= 11 is 0. The van der Waals surface area contributed by atoms with Gasteiger partial charge in [-0.2, -0.15) is 0 Å². The Bertz CT molecular complexity index is 377. The standard InChI is InChI=1S/C14H20N2/c1-3-5-11(4-2)6-7-12-10-13(15)8-9-14(12)16/h2,8-11H,3,5-7,15-16H2,1H3. The molecule has 2 heteroatoms. The van der Waals surface area contributed by atoms with Gasteiger partial charge in [0, 0.05) is 17.3 Å². The van der Waals surface area contributed by atoms with Crippen molar-refractivity contribution in [2.24, 2.45) is 5.92 Å². The fraction of sp³-hybridized carbons (Fsp3) is 0.429. The van der Waals surface area contributed by atoms with Crippen molar-refractivity contribution in [3.63, 3.8) is 0 Å². The lowest BCUT2D eigenvalue weighted by Crippen LogP contribution is -2.02. The van der Waals surface area contributed by atoms with Crippen LogP contribution in [0.5, 0.6) is 0 Å². The number of aryl methyl sites for hydroxylation is 1. The maximum Gasteiger partial charge on any atom is 0.0348 e. The van der Waals surface area contributed by atoms with Crippen molar-refractivity contribution in [3.8, 4) is 12.3 Å². The van der Waals surface area contributed by atoms with Gasteiger partial charge >= 0.3 is 0 Å². The third-order valence-electron chi connectivity index (χ3n) is 2.80. The second kappa shape index (κ2) is 6.07. The predicted octanol–water partition coefficient (Wildman–Crippen LogP) is 2.83. The molecule has 0 aliphatic heterocycles. The molecule has 4 N–H and O–H groups in total. The molecule has 0 saturated carbocycles. The number of benzene rings is 1. The van der Waals surface area contributed by atoms with Crippen molar-refractivity contribution in [1.29, 1.82) is 0 Å². The van der Waals surface area contributed by atoms with Crippen LogP contribution in [0, 0.1) is 18.3 Å². The Balaban J connectivity index is 2.60. The van der Waals surface area contributed by atoms with Gasteiger partial charge in [0.25, 0.3) is 0 Å². The SMILES string of the molecule is C#CC(CCC)CCc1cc(N)ccc1N. The third-order valence-corrected chi connectivity index (χ3v) is 2.80. The van der Waals surface area contributed by atoms with Gasteiger partial charge in [0.1, 0.15) is 0 Å². The molecule has 1 rings (SSSR count). The Labute approximate surface area is 98.0 Å². The van der Waals surface area contributed by atoms with Crippen LogP contribution < -0.4 is 11.5 Å². The summed E-state index contributed by atoms with van der Waals surface area (Å²) < 4.78 is 0. The minimum atomic E-state index is 0.353. The summed E-state index contributed by atoms with van der Waals surface area (Å²) in [6, 6.07) is 5.62. The number of hydrogen-bond acceptors (Lipinski definition) is 2. The van der Waals surface area contributed by atoms with Gasteiger partial charge in [0.15, 0.2) is 0 Å². The number of rotatable bonds is 5. The van der Waals surface area contributed by atoms with E-state index in [1.807, 2.05) is 18.2 Å². The molecule has 0 aromatic heterocycles. The number of terminal acetylenes is 1. The molecular formula is C14H20N2. The fourth-order valence-electron chi connectivity index (χ4n) is 1.83. The van der Waals surface area contributed by atoms with Crippen LogP contribution >= 0.6 is 0 Å². The molecule has 0 radical (unpaired) electrons. The van der Waals surface area contributed by atoms with Gasteiger partial charge in [0.05, 0.1) is 0 Å². The summed E-state index contributed by atoms with van der Waals surface area (Å²) in [4.78, 5) is 0. The second-order valence-electron chi connectivity index (χ2n) is 4.15. The highest BCUT2D eigenvalue weighted by molar-refractivity contribution is 5.55. The minimum absolute atomic E-state index is 0.353. The third kappa shape index (κ3) is 3.51. The first-order valence-electron chi connectivity index (χ1n) is 5.77. The van der Waals surface area contributed by atoms with Crippen LogP contribution in [0.1, 0.15) is 31.7 Å². The van der Waals surface area contributed by atoms with Crippen LogP contribution in [-0.4, -0.2) is 0 Å². The molecule has 1 unspecified atom stereocenters. The van der Waals surface area contributed by atoms with Gasteiger partial charge in [-0.05, 0) is 43.0 Å². The summed E-state index contributed by atoms with van der Waals surface area (Å²) in [5.41, 5.74) is 14.3.